The number of carbonyl (C=O) groups is 4. The van der Waals surface area contributed by atoms with Crippen molar-refractivity contribution in [3.05, 3.63) is 61.6 Å². The Morgan fingerprint density at radius 3 is 2.22 bits per heavy atom. The molecule has 1 spiro atoms. The van der Waals surface area contributed by atoms with Gasteiger partial charge in [0.05, 0.1) is 39.8 Å². The smallest absolute Gasteiger partial charge is 0.259 e. The molecular formula is C31H28N2O8. The number of aryl methyl sites for hydroxylation is 2. The van der Waals surface area contributed by atoms with E-state index in [4.69, 9.17) is 0 Å². The molecule has 210 valence electrons. The number of aromatic nitrogens is 1. The van der Waals surface area contributed by atoms with Crippen LogP contribution in [0.1, 0.15) is 104 Å². The maximum absolute atomic E-state index is 14.1. The Morgan fingerprint density at radius 1 is 0.878 bits per heavy atom. The standard InChI is InChI=1S/C31H28N2O8/c1-3-5-6-7-15-11-14-10-13-8-9-31(23(13)27(38)18(14)30(41)33-15)28(39)21-22(29(31)40)26(37)20-19(25(21)36)17(34)12-16(24(20)35)32-4-2/h10-11,36-38H,3-9,12H2,1-2H3,(H,33,41). The zero-order valence-electron chi connectivity index (χ0n) is 22.6. The normalized spacial score (nSPS) is 20.4. The molecule has 0 amide bonds. The van der Waals surface area contributed by atoms with Gasteiger partial charge in [-0.05, 0) is 49.6 Å². The van der Waals surface area contributed by atoms with Gasteiger partial charge < -0.3 is 20.3 Å². The number of rotatable bonds is 5. The number of aromatic hydroxyl groups is 3. The molecule has 6 rings (SSSR count). The van der Waals surface area contributed by atoms with E-state index < -0.39 is 80.0 Å². The molecule has 1 aromatic heterocycles. The number of carbonyl (C=O) groups excluding carboxylic acids is 4. The molecule has 0 radical (unpaired) electrons. The van der Waals surface area contributed by atoms with Gasteiger partial charge in [-0.25, -0.2) is 0 Å². The fraction of sp³-hybridized carbons (Fsp3) is 0.355. The fourth-order valence-corrected chi connectivity index (χ4v) is 6.78. The average Bonchev–Trinajstić information content (AvgIpc) is 3.42. The molecule has 1 atom stereocenters. The first-order valence-corrected chi connectivity index (χ1v) is 13.8. The number of aliphatic imine (C=N–C) groups is 1. The number of benzene rings is 2. The Balaban J connectivity index is 1.56. The third-order valence-electron chi connectivity index (χ3n) is 8.61. The van der Waals surface area contributed by atoms with Crippen molar-refractivity contribution in [2.45, 2.75) is 64.2 Å². The van der Waals surface area contributed by atoms with Crippen molar-refractivity contribution in [3.63, 3.8) is 0 Å². The summed E-state index contributed by atoms with van der Waals surface area (Å²) < 4.78 is 0. The highest BCUT2D eigenvalue weighted by Crippen LogP contribution is 2.57. The second kappa shape index (κ2) is 9.22. The highest BCUT2D eigenvalue weighted by atomic mass is 16.3. The van der Waals surface area contributed by atoms with E-state index in [-0.39, 0.29) is 36.0 Å². The third kappa shape index (κ3) is 3.42. The summed E-state index contributed by atoms with van der Waals surface area (Å²) in [6.07, 6.45) is 3.24. The summed E-state index contributed by atoms with van der Waals surface area (Å²) >= 11 is 0. The van der Waals surface area contributed by atoms with Crippen molar-refractivity contribution < 1.29 is 34.5 Å². The summed E-state index contributed by atoms with van der Waals surface area (Å²) in [6, 6.07) is 3.47. The third-order valence-corrected chi connectivity index (χ3v) is 8.61. The Labute approximate surface area is 233 Å². The van der Waals surface area contributed by atoms with Crippen molar-refractivity contribution in [1.82, 2.24) is 4.98 Å². The number of nitrogens with one attached hydrogen (secondary N) is 1. The van der Waals surface area contributed by atoms with Gasteiger partial charge in [0.15, 0.2) is 17.3 Å². The van der Waals surface area contributed by atoms with Crippen molar-refractivity contribution in [1.29, 1.82) is 0 Å². The number of ketones is 4. The maximum atomic E-state index is 14.1. The topological polar surface area (TPSA) is 174 Å². The van der Waals surface area contributed by atoms with Gasteiger partial charge in [-0.2, -0.15) is 0 Å². The van der Waals surface area contributed by atoms with Crippen LogP contribution >= 0.6 is 0 Å². The summed E-state index contributed by atoms with van der Waals surface area (Å²) in [5.74, 6) is -5.56. The van der Waals surface area contributed by atoms with Crippen LogP contribution in [-0.2, 0) is 18.3 Å². The highest BCUT2D eigenvalue weighted by Gasteiger charge is 2.61. The Morgan fingerprint density at radius 2 is 1.56 bits per heavy atom. The molecule has 3 aliphatic carbocycles. The molecule has 2 aromatic carbocycles. The van der Waals surface area contributed by atoms with Crippen LogP contribution in [-0.4, -0.2) is 55.7 Å². The van der Waals surface area contributed by atoms with E-state index in [1.165, 1.54) is 0 Å². The summed E-state index contributed by atoms with van der Waals surface area (Å²) in [5, 5.41) is 34.2. The molecule has 0 bridgehead atoms. The largest absolute Gasteiger partial charge is 0.507 e. The predicted octanol–water partition coefficient (Wildman–Crippen LogP) is 3.87. The van der Waals surface area contributed by atoms with Gasteiger partial charge in [0.1, 0.15) is 22.7 Å². The van der Waals surface area contributed by atoms with Gasteiger partial charge in [0, 0.05) is 17.8 Å². The highest BCUT2D eigenvalue weighted by molar-refractivity contribution is 6.54. The molecule has 1 unspecified atom stereocenters. The van der Waals surface area contributed by atoms with Gasteiger partial charge in [0.2, 0.25) is 5.78 Å². The summed E-state index contributed by atoms with van der Waals surface area (Å²) in [4.78, 5) is 74.2. The molecule has 41 heavy (non-hydrogen) atoms. The summed E-state index contributed by atoms with van der Waals surface area (Å²) in [5.41, 5.74) is -3.78. The van der Waals surface area contributed by atoms with E-state index in [0.717, 1.165) is 19.3 Å². The second-order valence-electron chi connectivity index (χ2n) is 10.9. The Bertz CT molecular complexity index is 1850. The SMILES string of the molecule is CCCCCc1cc2cc3c(c(O)c2c(=O)[nH]1)C1(CC3)C(=O)c2c(O)c3c(c(O)c2C1=O)C(=O)C(=NCC)CC3=O. The van der Waals surface area contributed by atoms with Crippen molar-refractivity contribution in [2.24, 2.45) is 4.99 Å². The molecule has 4 N–H and O–H groups in total. The van der Waals surface area contributed by atoms with Crippen molar-refractivity contribution in [3.8, 4) is 17.2 Å². The van der Waals surface area contributed by atoms with Crippen LogP contribution < -0.4 is 5.56 Å². The molecule has 10 heteroatoms. The van der Waals surface area contributed by atoms with Crippen LogP contribution in [0.15, 0.2) is 21.9 Å². The van der Waals surface area contributed by atoms with Crippen LogP contribution in [0, 0.1) is 0 Å². The van der Waals surface area contributed by atoms with Gasteiger partial charge in [-0.1, -0.05) is 25.8 Å². The number of unbranched alkanes of at least 4 members (excludes halogenated alkanes) is 2. The monoisotopic (exact) mass is 556 g/mol. The van der Waals surface area contributed by atoms with E-state index in [0.29, 0.717) is 23.1 Å². The number of fused-ring (bicyclic) bond motifs is 5. The zero-order chi connectivity index (χ0) is 29.4. The molecule has 0 saturated carbocycles. The lowest BCUT2D eigenvalue weighted by molar-refractivity contribution is 0.0790. The summed E-state index contributed by atoms with van der Waals surface area (Å²) in [7, 11) is 0. The van der Waals surface area contributed by atoms with Crippen LogP contribution in [0.25, 0.3) is 10.8 Å². The number of hydrogen-bond acceptors (Lipinski definition) is 9. The molecule has 3 aliphatic rings. The number of aromatic amines is 1. The van der Waals surface area contributed by atoms with Gasteiger partial charge in [-0.3, -0.25) is 29.0 Å². The first-order chi connectivity index (χ1) is 19.6. The number of H-pyrrole nitrogens is 1. The lowest BCUT2D eigenvalue weighted by atomic mass is 9.76. The number of pyridine rings is 1. The maximum Gasteiger partial charge on any atom is 0.259 e. The number of hydrogen-bond donors (Lipinski definition) is 4. The van der Waals surface area contributed by atoms with E-state index in [1.54, 1.807) is 19.1 Å². The minimum atomic E-state index is -2.03. The lowest BCUT2D eigenvalue weighted by Gasteiger charge is -2.22. The average molecular weight is 557 g/mol. The second-order valence-corrected chi connectivity index (χ2v) is 10.9. The predicted molar refractivity (Wildman–Crippen MR) is 149 cm³/mol. The number of phenols is 3. The van der Waals surface area contributed by atoms with Crippen molar-refractivity contribution in [2.75, 3.05) is 6.54 Å². The van der Waals surface area contributed by atoms with E-state index >= 15 is 0 Å². The van der Waals surface area contributed by atoms with Crippen LogP contribution in [0.5, 0.6) is 17.2 Å². The zero-order valence-corrected chi connectivity index (χ0v) is 22.6. The molecule has 0 fully saturated rings. The van der Waals surface area contributed by atoms with E-state index in [9.17, 15) is 39.3 Å². The molecule has 0 saturated heterocycles. The van der Waals surface area contributed by atoms with Crippen LogP contribution in [0.4, 0.5) is 0 Å². The van der Waals surface area contributed by atoms with E-state index in [2.05, 4.69) is 16.9 Å². The van der Waals surface area contributed by atoms with Crippen molar-refractivity contribution >= 4 is 39.6 Å². The number of Topliss-reactive ketones (excluding diaryl/α,β-unsaturated/α-hetero) is 4. The van der Waals surface area contributed by atoms with Gasteiger partial charge in [0.25, 0.3) is 5.56 Å². The van der Waals surface area contributed by atoms with Gasteiger partial charge >= 0.3 is 0 Å². The molecule has 0 aliphatic heterocycles. The quantitative estimate of drug-likeness (QED) is 0.208. The van der Waals surface area contributed by atoms with E-state index in [1.807, 2.05) is 0 Å². The molecular weight excluding hydrogens is 528 g/mol. The first kappa shape index (κ1) is 26.6. The minimum absolute atomic E-state index is 0.0527. The molecule has 1 heterocycles. The summed E-state index contributed by atoms with van der Waals surface area (Å²) in [6.45, 7) is 3.94. The lowest BCUT2D eigenvalue weighted by Crippen LogP contribution is -2.36. The molecule has 3 aromatic rings. The van der Waals surface area contributed by atoms with Gasteiger partial charge in [-0.15, -0.1) is 0 Å². The van der Waals surface area contributed by atoms with Crippen LogP contribution in [0.3, 0.4) is 0 Å². The fourth-order valence-electron chi connectivity index (χ4n) is 6.78. The van der Waals surface area contributed by atoms with Crippen LogP contribution in [0.2, 0.25) is 0 Å². The first-order valence-electron chi connectivity index (χ1n) is 13.8. The molecule has 10 nitrogen and oxygen atoms in total. The number of phenolic OH excluding ortho intramolecular Hbond substituents is 3. The Hall–Kier alpha value is -4.60. The Kier molecular flexibility index (Phi) is 5.99. The number of nitrogens with zero attached hydrogens (tertiary/aromatic N) is 1. The minimum Gasteiger partial charge on any atom is -0.507 e.